The predicted molar refractivity (Wildman–Crippen MR) is 232 cm³/mol. The molecule has 0 radical (unpaired) electrons. The van der Waals surface area contributed by atoms with Crippen LogP contribution in [0.2, 0.25) is 0 Å². The predicted octanol–water partition coefficient (Wildman–Crippen LogP) is 8.23. The fourth-order valence-electron chi connectivity index (χ4n) is 8.41. The second-order valence-electron chi connectivity index (χ2n) is 16.4. The number of fused-ring (bicyclic) bond motifs is 1. The summed E-state index contributed by atoms with van der Waals surface area (Å²) in [7, 11) is 0. The maximum absolute atomic E-state index is 11.9. The molecule has 1 saturated carbocycles. The molecule has 3 fully saturated rings. The van der Waals surface area contributed by atoms with Crippen LogP contribution in [0, 0.1) is 0 Å². The van der Waals surface area contributed by atoms with Gasteiger partial charge < -0.3 is 47.7 Å². The standard InChI is InChI=1S/C50H55N3O10/c1-50(2)62-47-45(59-32-38-26-16-7-17-27-38)43(57-30-36-22-12-5-13-23-36)44(58-31-37-24-14-6-15-25-37)46(48(47)63-50)61-49-40(52-53-51)42(56-29-35-20-10-4-11-21-35)41(54)39(60-49)33-55-28-34-18-8-3-9-19-34/h3-27,39-49,54H,28-33H2,1-2H3. The van der Waals surface area contributed by atoms with Crippen LogP contribution in [-0.4, -0.2) is 84.8 Å². The molecular weight excluding hydrogens is 803 g/mol. The van der Waals surface area contributed by atoms with Crippen molar-refractivity contribution in [3.8, 4) is 0 Å². The highest BCUT2D eigenvalue weighted by molar-refractivity contribution is 5.18. The minimum atomic E-state index is -1.27. The molecular formula is C50H55N3O10. The van der Waals surface area contributed by atoms with E-state index in [0.717, 1.165) is 27.8 Å². The molecule has 1 aliphatic carbocycles. The number of azide groups is 1. The van der Waals surface area contributed by atoms with E-state index in [1.807, 2.05) is 166 Å². The fraction of sp³-hybridized carbons (Fsp3) is 0.400. The minimum Gasteiger partial charge on any atom is -0.388 e. The van der Waals surface area contributed by atoms with Crippen LogP contribution in [0.1, 0.15) is 41.7 Å². The molecule has 11 unspecified atom stereocenters. The van der Waals surface area contributed by atoms with Gasteiger partial charge in [0.25, 0.3) is 0 Å². The van der Waals surface area contributed by atoms with Gasteiger partial charge in [-0.2, -0.15) is 0 Å². The molecule has 0 amide bonds. The SMILES string of the molecule is CC1(C)OC2C(OCc3ccccc3)C(OCc3ccccc3)C(OCc3ccccc3)C(OC3OC(COCc4ccccc4)C(O)C(OCc4ccccc4)C3N=[N+]=[N-])C2O1. The normalized spacial score (nSPS) is 28.8. The first-order valence-corrected chi connectivity index (χ1v) is 21.5. The Balaban J connectivity index is 1.15. The monoisotopic (exact) mass is 857 g/mol. The quantitative estimate of drug-likeness (QED) is 0.0489. The number of hydrogen-bond donors (Lipinski definition) is 1. The van der Waals surface area contributed by atoms with Crippen LogP contribution in [0.3, 0.4) is 0 Å². The molecule has 8 rings (SSSR count). The summed E-state index contributed by atoms with van der Waals surface area (Å²) in [5.74, 6) is -1.06. The Morgan fingerprint density at radius 3 is 1.37 bits per heavy atom. The van der Waals surface area contributed by atoms with E-state index < -0.39 is 73.1 Å². The molecule has 11 atom stereocenters. The molecule has 2 heterocycles. The summed E-state index contributed by atoms with van der Waals surface area (Å²) in [6.07, 6.45) is -9.28. The summed E-state index contributed by atoms with van der Waals surface area (Å²) in [4.78, 5) is 3.21. The summed E-state index contributed by atoms with van der Waals surface area (Å²) in [5.41, 5.74) is 14.7. The number of aliphatic hydroxyl groups is 1. The molecule has 1 N–H and O–H groups in total. The van der Waals surface area contributed by atoms with Gasteiger partial charge in [-0.1, -0.05) is 157 Å². The number of nitrogens with zero attached hydrogens (tertiary/aromatic N) is 3. The van der Waals surface area contributed by atoms with E-state index in [-0.39, 0.29) is 39.6 Å². The van der Waals surface area contributed by atoms with Crippen molar-refractivity contribution in [2.45, 2.75) is 120 Å². The van der Waals surface area contributed by atoms with Crippen LogP contribution in [0.4, 0.5) is 0 Å². The zero-order chi connectivity index (χ0) is 43.4. The molecule has 5 aromatic rings. The van der Waals surface area contributed by atoms with Gasteiger partial charge in [0.2, 0.25) is 0 Å². The van der Waals surface area contributed by atoms with E-state index >= 15 is 0 Å². The lowest BCUT2D eigenvalue weighted by molar-refractivity contribution is -0.324. The van der Waals surface area contributed by atoms with Crippen molar-refractivity contribution in [2.24, 2.45) is 5.11 Å². The Bertz CT molecular complexity index is 2170. The van der Waals surface area contributed by atoms with Gasteiger partial charge >= 0.3 is 0 Å². The number of hydrogen-bond acceptors (Lipinski definition) is 11. The van der Waals surface area contributed by atoms with Crippen LogP contribution in [0.25, 0.3) is 10.4 Å². The highest BCUT2D eigenvalue weighted by atomic mass is 16.8. The van der Waals surface area contributed by atoms with Crippen molar-refractivity contribution in [1.82, 2.24) is 0 Å². The topological polar surface area (TPSA) is 152 Å². The van der Waals surface area contributed by atoms with Gasteiger partial charge in [0.15, 0.2) is 12.1 Å². The zero-order valence-electron chi connectivity index (χ0n) is 35.5. The molecule has 5 aromatic carbocycles. The molecule has 330 valence electrons. The van der Waals surface area contributed by atoms with Crippen molar-refractivity contribution in [2.75, 3.05) is 6.61 Å². The molecule has 0 bridgehead atoms. The van der Waals surface area contributed by atoms with Gasteiger partial charge in [-0.25, -0.2) is 0 Å². The van der Waals surface area contributed by atoms with Crippen molar-refractivity contribution >= 4 is 0 Å². The summed E-state index contributed by atoms with van der Waals surface area (Å²) < 4.78 is 60.5. The van der Waals surface area contributed by atoms with Crippen LogP contribution >= 0.6 is 0 Å². The first-order valence-electron chi connectivity index (χ1n) is 21.5. The minimum absolute atomic E-state index is 0.0143. The fourth-order valence-corrected chi connectivity index (χ4v) is 8.41. The Labute approximate surface area is 368 Å². The third-order valence-electron chi connectivity index (χ3n) is 11.4. The summed E-state index contributed by atoms with van der Waals surface area (Å²) in [6, 6.07) is 47.8. The average molecular weight is 858 g/mol. The molecule has 63 heavy (non-hydrogen) atoms. The summed E-state index contributed by atoms with van der Waals surface area (Å²) in [6.45, 7) is 4.80. The number of rotatable bonds is 19. The Morgan fingerprint density at radius 1 is 0.540 bits per heavy atom. The molecule has 13 nitrogen and oxygen atoms in total. The first kappa shape index (κ1) is 44.6. The third kappa shape index (κ3) is 11.6. The third-order valence-corrected chi connectivity index (χ3v) is 11.4. The van der Waals surface area contributed by atoms with Crippen LogP contribution in [0.15, 0.2) is 157 Å². The van der Waals surface area contributed by atoms with Crippen LogP contribution in [0.5, 0.6) is 0 Å². The van der Waals surface area contributed by atoms with E-state index in [0.29, 0.717) is 0 Å². The van der Waals surface area contributed by atoms with Crippen LogP contribution in [-0.2, 0) is 75.7 Å². The molecule has 0 aromatic heterocycles. The first-order chi connectivity index (χ1) is 30.8. The van der Waals surface area contributed by atoms with Crippen molar-refractivity contribution < 1.29 is 47.7 Å². The van der Waals surface area contributed by atoms with E-state index in [9.17, 15) is 10.6 Å². The smallest absolute Gasteiger partial charge is 0.169 e. The highest BCUT2D eigenvalue weighted by Crippen LogP contribution is 2.44. The molecule has 3 aliphatic rings. The van der Waals surface area contributed by atoms with Gasteiger partial charge in [0.05, 0.1) is 45.7 Å². The Hall–Kier alpha value is -4.99. The largest absolute Gasteiger partial charge is 0.388 e. The van der Waals surface area contributed by atoms with E-state index in [1.165, 1.54) is 0 Å². The van der Waals surface area contributed by atoms with E-state index in [2.05, 4.69) is 10.0 Å². The van der Waals surface area contributed by atoms with Gasteiger partial charge in [-0.15, -0.1) is 0 Å². The van der Waals surface area contributed by atoms with Crippen molar-refractivity contribution in [3.63, 3.8) is 0 Å². The second-order valence-corrected chi connectivity index (χ2v) is 16.4. The van der Waals surface area contributed by atoms with Crippen molar-refractivity contribution in [3.05, 3.63) is 190 Å². The summed E-state index contributed by atoms with van der Waals surface area (Å²) >= 11 is 0. The Morgan fingerprint density at radius 2 is 0.921 bits per heavy atom. The number of benzene rings is 5. The molecule has 2 aliphatic heterocycles. The van der Waals surface area contributed by atoms with Gasteiger partial charge in [0.1, 0.15) is 54.9 Å². The van der Waals surface area contributed by atoms with Crippen LogP contribution < -0.4 is 0 Å². The maximum atomic E-state index is 11.9. The van der Waals surface area contributed by atoms with Gasteiger partial charge in [-0.3, -0.25) is 0 Å². The molecule has 0 spiro atoms. The van der Waals surface area contributed by atoms with Gasteiger partial charge in [-0.05, 0) is 47.2 Å². The lowest BCUT2D eigenvalue weighted by Crippen LogP contribution is -2.67. The van der Waals surface area contributed by atoms with Gasteiger partial charge in [0, 0.05) is 4.91 Å². The summed E-state index contributed by atoms with van der Waals surface area (Å²) in [5, 5.41) is 16.1. The lowest BCUT2D eigenvalue weighted by Gasteiger charge is -2.49. The Kier molecular flexibility index (Phi) is 15.3. The lowest BCUT2D eigenvalue weighted by atomic mass is 9.83. The van der Waals surface area contributed by atoms with Crippen molar-refractivity contribution in [1.29, 1.82) is 0 Å². The number of aliphatic hydroxyl groups excluding tert-OH is 1. The molecule has 2 saturated heterocycles. The second kappa shape index (κ2) is 21.6. The number of ether oxygens (including phenoxy) is 9. The maximum Gasteiger partial charge on any atom is 0.169 e. The van der Waals surface area contributed by atoms with E-state index in [1.54, 1.807) is 0 Å². The highest BCUT2D eigenvalue weighted by Gasteiger charge is 2.62. The molecule has 13 heteroatoms. The average Bonchev–Trinajstić information content (AvgIpc) is 3.65. The zero-order valence-corrected chi connectivity index (χ0v) is 35.5. The van der Waals surface area contributed by atoms with E-state index in [4.69, 9.17) is 42.6 Å².